The van der Waals surface area contributed by atoms with Crippen LogP contribution in [0, 0.1) is 16.0 Å². The van der Waals surface area contributed by atoms with E-state index in [1.54, 1.807) is 6.07 Å². The molecule has 0 unspecified atom stereocenters. The number of nitrogens with two attached hydrogens (primary N) is 1. The Kier molecular flexibility index (Phi) is 3.47. The summed E-state index contributed by atoms with van der Waals surface area (Å²) in [6.45, 7) is 0. The lowest BCUT2D eigenvalue weighted by Gasteiger charge is -2.04. The maximum atomic E-state index is 10.4. The van der Waals surface area contributed by atoms with E-state index in [2.05, 4.69) is 0 Å². The minimum atomic E-state index is -0.367. The third kappa shape index (κ3) is 2.23. The molecular weight excluding hydrogens is 224 g/mol. The van der Waals surface area contributed by atoms with E-state index in [9.17, 15) is 10.1 Å². The van der Waals surface area contributed by atoms with Gasteiger partial charge in [0.2, 0.25) is 0 Å². The van der Waals surface area contributed by atoms with E-state index >= 15 is 0 Å². The summed E-state index contributed by atoms with van der Waals surface area (Å²) >= 11 is 1.19. The fraction of sp³-hybridized carbons (Fsp3) is 0.500. The highest BCUT2D eigenvalue weighted by Gasteiger charge is 2.31. The molecule has 1 atom stereocenters. The van der Waals surface area contributed by atoms with Crippen LogP contribution in [0.4, 0.5) is 5.00 Å². The lowest BCUT2D eigenvalue weighted by atomic mass is 10.2. The molecule has 0 radical (unpaired) electrons. The zero-order chi connectivity index (χ0) is 9.42. The van der Waals surface area contributed by atoms with Gasteiger partial charge in [-0.15, -0.1) is 12.4 Å². The number of hydrogen-bond acceptors (Lipinski definition) is 4. The minimum absolute atomic E-state index is 0. The zero-order valence-corrected chi connectivity index (χ0v) is 9.01. The first-order valence-corrected chi connectivity index (χ1v) is 5.00. The van der Waals surface area contributed by atoms with Crippen LogP contribution < -0.4 is 5.73 Å². The Morgan fingerprint density at radius 3 is 2.64 bits per heavy atom. The highest BCUT2D eigenvalue weighted by Crippen LogP contribution is 2.42. The highest BCUT2D eigenvalue weighted by molar-refractivity contribution is 7.15. The Labute approximate surface area is 91.7 Å². The van der Waals surface area contributed by atoms with Crippen molar-refractivity contribution in [3.05, 3.63) is 27.1 Å². The maximum absolute atomic E-state index is 10.4. The largest absolute Gasteiger partial charge is 0.324 e. The van der Waals surface area contributed by atoms with E-state index in [4.69, 9.17) is 5.73 Å². The summed E-state index contributed by atoms with van der Waals surface area (Å²) in [4.78, 5) is 11.0. The fourth-order valence-electron chi connectivity index (χ4n) is 1.31. The van der Waals surface area contributed by atoms with Crippen molar-refractivity contribution in [1.29, 1.82) is 0 Å². The Bertz CT molecular complexity index is 338. The standard InChI is InChI=1S/C8H10N2O2S.ClH/c9-8(5-1-2-5)6-3-4-7(13-6)10(11)12;/h3-5,8H,1-2,9H2;1H/t8-;/m1./s1. The second-order valence-corrected chi connectivity index (χ2v) is 4.39. The van der Waals surface area contributed by atoms with Crippen LogP contribution in [0.3, 0.4) is 0 Å². The van der Waals surface area contributed by atoms with E-state index in [0.717, 1.165) is 17.7 Å². The van der Waals surface area contributed by atoms with Crippen LogP contribution in [0.25, 0.3) is 0 Å². The molecule has 14 heavy (non-hydrogen) atoms. The second-order valence-electron chi connectivity index (χ2n) is 3.30. The van der Waals surface area contributed by atoms with E-state index < -0.39 is 0 Å². The van der Waals surface area contributed by atoms with Crippen molar-refractivity contribution in [1.82, 2.24) is 0 Å². The Hall–Kier alpha value is -0.650. The van der Waals surface area contributed by atoms with Gasteiger partial charge < -0.3 is 5.73 Å². The number of nitro groups is 1. The molecule has 1 aromatic heterocycles. The molecule has 1 heterocycles. The lowest BCUT2D eigenvalue weighted by molar-refractivity contribution is -0.380. The number of hydrogen-bond donors (Lipinski definition) is 1. The first-order valence-electron chi connectivity index (χ1n) is 4.18. The van der Waals surface area contributed by atoms with Gasteiger partial charge in [-0.1, -0.05) is 11.3 Å². The van der Waals surface area contributed by atoms with Crippen molar-refractivity contribution in [2.45, 2.75) is 18.9 Å². The minimum Gasteiger partial charge on any atom is -0.323 e. The molecule has 2 rings (SSSR count). The van der Waals surface area contributed by atoms with E-state index in [-0.39, 0.29) is 28.4 Å². The summed E-state index contributed by atoms with van der Waals surface area (Å²) in [5.41, 5.74) is 5.90. The molecule has 1 aliphatic carbocycles. The predicted octanol–water partition coefficient (Wildman–Crippen LogP) is 2.49. The molecule has 6 heteroatoms. The molecular formula is C8H11ClN2O2S. The predicted molar refractivity (Wildman–Crippen MR) is 57.9 cm³/mol. The van der Waals surface area contributed by atoms with Crippen LogP contribution in [0.15, 0.2) is 12.1 Å². The average Bonchev–Trinajstić information content (AvgIpc) is 2.81. The van der Waals surface area contributed by atoms with Crippen molar-refractivity contribution >= 4 is 28.7 Å². The van der Waals surface area contributed by atoms with Crippen molar-refractivity contribution in [2.75, 3.05) is 0 Å². The van der Waals surface area contributed by atoms with Gasteiger partial charge in [0.05, 0.1) is 4.92 Å². The second kappa shape index (κ2) is 4.25. The van der Waals surface area contributed by atoms with Crippen LogP contribution in [-0.2, 0) is 0 Å². The van der Waals surface area contributed by atoms with Gasteiger partial charge in [0.1, 0.15) is 0 Å². The lowest BCUT2D eigenvalue weighted by Crippen LogP contribution is -2.10. The normalized spacial score (nSPS) is 17.2. The SMILES string of the molecule is Cl.N[C@@H](c1ccc([N+](=O)[O-])s1)C1CC1. The number of nitrogens with zero attached hydrogens (tertiary/aromatic N) is 1. The summed E-state index contributed by atoms with van der Waals surface area (Å²) in [7, 11) is 0. The van der Waals surface area contributed by atoms with Crippen molar-refractivity contribution < 1.29 is 4.92 Å². The van der Waals surface area contributed by atoms with Gasteiger partial charge in [-0.05, 0) is 24.8 Å². The first-order chi connectivity index (χ1) is 6.18. The molecule has 0 aliphatic heterocycles. The fourth-order valence-corrected chi connectivity index (χ4v) is 2.22. The summed E-state index contributed by atoms with van der Waals surface area (Å²) in [6, 6.07) is 3.31. The quantitative estimate of drug-likeness (QED) is 0.645. The van der Waals surface area contributed by atoms with Crippen LogP contribution in [-0.4, -0.2) is 4.92 Å². The molecule has 0 aromatic carbocycles. The van der Waals surface area contributed by atoms with E-state index in [1.807, 2.05) is 0 Å². The number of halogens is 1. The molecule has 0 spiro atoms. The van der Waals surface area contributed by atoms with Crippen LogP contribution in [0.5, 0.6) is 0 Å². The summed E-state index contributed by atoms with van der Waals surface area (Å²) in [5.74, 6) is 0.554. The summed E-state index contributed by atoms with van der Waals surface area (Å²) in [6.07, 6.45) is 2.32. The Morgan fingerprint density at radius 2 is 2.21 bits per heavy atom. The summed E-state index contributed by atoms with van der Waals surface area (Å²) < 4.78 is 0. The van der Waals surface area contributed by atoms with Gasteiger partial charge >= 0.3 is 5.00 Å². The molecule has 1 aliphatic rings. The zero-order valence-electron chi connectivity index (χ0n) is 7.38. The molecule has 78 valence electrons. The van der Waals surface area contributed by atoms with Crippen molar-refractivity contribution in [3.63, 3.8) is 0 Å². The third-order valence-electron chi connectivity index (χ3n) is 2.25. The van der Waals surface area contributed by atoms with Crippen molar-refractivity contribution in [2.24, 2.45) is 11.7 Å². The smallest absolute Gasteiger partial charge is 0.323 e. The molecule has 1 saturated carbocycles. The van der Waals surface area contributed by atoms with Gasteiger partial charge in [0.15, 0.2) is 0 Å². The highest BCUT2D eigenvalue weighted by atomic mass is 35.5. The van der Waals surface area contributed by atoms with Gasteiger partial charge in [-0.2, -0.15) is 0 Å². The third-order valence-corrected chi connectivity index (χ3v) is 3.39. The molecule has 1 fully saturated rings. The molecule has 0 bridgehead atoms. The van der Waals surface area contributed by atoms with Gasteiger partial charge in [0.25, 0.3) is 0 Å². The van der Waals surface area contributed by atoms with E-state index in [0.29, 0.717) is 5.92 Å². The number of thiophene rings is 1. The number of rotatable bonds is 3. The van der Waals surface area contributed by atoms with Crippen LogP contribution in [0.2, 0.25) is 0 Å². The monoisotopic (exact) mass is 234 g/mol. The van der Waals surface area contributed by atoms with Gasteiger partial charge in [-0.3, -0.25) is 10.1 Å². The van der Waals surface area contributed by atoms with Gasteiger partial charge in [0, 0.05) is 17.0 Å². The summed E-state index contributed by atoms with van der Waals surface area (Å²) in [5, 5.41) is 10.6. The van der Waals surface area contributed by atoms with Crippen LogP contribution in [0.1, 0.15) is 23.8 Å². The Balaban J connectivity index is 0.000000980. The molecule has 1 aromatic rings. The molecule has 2 N–H and O–H groups in total. The van der Waals surface area contributed by atoms with Crippen molar-refractivity contribution in [3.8, 4) is 0 Å². The van der Waals surface area contributed by atoms with Crippen LogP contribution >= 0.6 is 23.7 Å². The van der Waals surface area contributed by atoms with Gasteiger partial charge in [-0.25, -0.2) is 0 Å². The molecule has 0 amide bonds. The average molecular weight is 235 g/mol. The first kappa shape index (κ1) is 11.4. The molecule has 4 nitrogen and oxygen atoms in total. The maximum Gasteiger partial charge on any atom is 0.324 e. The molecule has 0 saturated heterocycles. The van der Waals surface area contributed by atoms with E-state index in [1.165, 1.54) is 17.4 Å². The topological polar surface area (TPSA) is 69.2 Å². The Morgan fingerprint density at radius 1 is 1.57 bits per heavy atom.